The number of phenols is 1. The molecule has 0 radical (unpaired) electrons. The summed E-state index contributed by atoms with van der Waals surface area (Å²) in [6.45, 7) is 4.73. The molecule has 0 bridgehead atoms. The Morgan fingerprint density at radius 1 is 1.06 bits per heavy atom. The third-order valence-electron chi connectivity index (χ3n) is 2.40. The molecular formula is C13H20O5. The Bertz CT molecular complexity index is 372. The first-order valence-electron chi connectivity index (χ1n) is 5.85. The van der Waals surface area contributed by atoms with Crippen LogP contribution in [0.3, 0.4) is 0 Å². The van der Waals surface area contributed by atoms with Crippen LogP contribution < -0.4 is 9.47 Å². The summed E-state index contributed by atoms with van der Waals surface area (Å²) in [4.78, 5) is 0. The summed E-state index contributed by atoms with van der Waals surface area (Å²) < 4.78 is 21.3. The molecule has 5 heteroatoms. The number of phenolic OH excluding ortho intramolecular Hbond substituents is 1. The van der Waals surface area contributed by atoms with Crippen molar-refractivity contribution in [2.24, 2.45) is 0 Å². The molecule has 0 aliphatic heterocycles. The molecule has 0 saturated carbocycles. The molecule has 18 heavy (non-hydrogen) atoms. The summed E-state index contributed by atoms with van der Waals surface area (Å²) in [5.41, 5.74) is 0.609. The highest BCUT2D eigenvalue weighted by Gasteiger charge is 2.21. The first-order valence-corrected chi connectivity index (χ1v) is 5.85. The Morgan fingerprint density at radius 3 is 2.11 bits per heavy atom. The molecule has 0 aliphatic carbocycles. The van der Waals surface area contributed by atoms with Crippen LogP contribution in [0.5, 0.6) is 17.2 Å². The lowest BCUT2D eigenvalue weighted by Crippen LogP contribution is -2.10. The van der Waals surface area contributed by atoms with Crippen molar-refractivity contribution in [1.82, 2.24) is 0 Å². The fraction of sp³-hybridized carbons (Fsp3) is 0.538. The van der Waals surface area contributed by atoms with E-state index in [1.807, 2.05) is 13.8 Å². The van der Waals surface area contributed by atoms with Crippen LogP contribution in [0.1, 0.15) is 25.7 Å². The van der Waals surface area contributed by atoms with Gasteiger partial charge < -0.3 is 24.1 Å². The van der Waals surface area contributed by atoms with E-state index >= 15 is 0 Å². The largest absolute Gasteiger partial charge is 0.504 e. The maximum atomic E-state index is 9.87. The van der Waals surface area contributed by atoms with Crippen molar-refractivity contribution in [3.8, 4) is 17.2 Å². The number of hydrogen-bond acceptors (Lipinski definition) is 5. The number of benzene rings is 1. The zero-order valence-electron chi connectivity index (χ0n) is 11.2. The second kappa shape index (κ2) is 7.08. The standard InChI is InChI=1S/C13H20O5/c1-5-17-13(18-6-2)10-7-9(15-3)8-11(14)12(10)16-4/h7-8,13-14H,5-6H2,1-4H3. The zero-order chi connectivity index (χ0) is 13.5. The van der Waals surface area contributed by atoms with E-state index in [2.05, 4.69) is 0 Å². The molecular weight excluding hydrogens is 236 g/mol. The maximum Gasteiger partial charge on any atom is 0.187 e. The molecule has 1 N–H and O–H groups in total. The third-order valence-corrected chi connectivity index (χ3v) is 2.40. The molecule has 1 rings (SSSR count). The topological polar surface area (TPSA) is 57.2 Å². The van der Waals surface area contributed by atoms with E-state index in [4.69, 9.17) is 18.9 Å². The predicted octanol–water partition coefficient (Wildman–Crippen LogP) is 2.48. The third kappa shape index (κ3) is 3.27. The van der Waals surface area contributed by atoms with Crippen LogP contribution in [0.2, 0.25) is 0 Å². The molecule has 0 amide bonds. The Labute approximate surface area is 107 Å². The Morgan fingerprint density at radius 2 is 1.67 bits per heavy atom. The van der Waals surface area contributed by atoms with Crippen LogP contribution in [0.15, 0.2) is 12.1 Å². The zero-order valence-corrected chi connectivity index (χ0v) is 11.2. The molecule has 0 unspecified atom stereocenters. The summed E-state index contributed by atoms with van der Waals surface area (Å²) in [5.74, 6) is 0.853. The maximum absolute atomic E-state index is 9.87. The van der Waals surface area contributed by atoms with Gasteiger partial charge in [0.1, 0.15) is 5.75 Å². The summed E-state index contributed by atoms with van der Waals surface area (Å²) in [6.07, 6.45) is -0.587. The van der Waals surface area contributed by atoms with Crippen LogP contribution in [-0.4, -0.2) is 32.5 Å². The highest BCUT2D eigenvalue weighted by molar-refractivity contribution is 5.51. The minimum atomic E-state index is -0.587. The fourth-order valence-corrected chi connectivity index (χ4v) is 1.65. The second-order valence-corrected chi connectivity index (χ2v) is 3.51. The van der Waals surface area contributed by atoms with E-state index in [1.54, 1.807) is 6.07 Å². The average molecular weight is 256 g/mol. The Hall–Kier alpha value is -1.46. The van der Waals surface area contributed by atoms with Crippen LogP contribution in [0.25, 0.3) is 0 Å². The van der Waals surface area contributed by atoms with Gasteiger partial charge in [0.2, 0.25) is 0 Å². The molecule has 0 spiro atoms. The molecule has 0 atom stereocenters. The lowest BCUT2D eigenvalue weighted by Gasteiger charge is -2.21. The molecule has 102 valence electrons. The Kier molecular flexibility index (Phi) is 5.74. The number of hydrogen-bond donors (Lipinski definition) is 1. The molecule has 0 aromatic heterocycles. The summed E-state index contributed by atoms with van der Waals surface area (Å²) in [7, 11) is 3.02. The van der Waals surface area contributed by atoms with Gasteiger partial charge in [0.15, 0.2) is 17.8 Å². The molecule has 0 fully saturated rings. The van der Waals surface area contributed by atoms with E-state index in [0.717, 1.165) is 0 Å². The van der Waals surface area contributed by atoms with E-state index in [1.165, 1.54) is 20.3 Å². The van der Waals surface area contributed by atoms with Crippen LogP contribution in [-0.2, 0) is 9.47 Å². The van der Waals surface area contributed by atoms with E-state index in [0.29, 0.717) is 30.3 Å². The molecule has 1 aromatic rings. The van der Waals surface area contributed by atoms with Crippen molar-refractivity contribution in [2.45, 2.75) is 20.1 Å². The van der Waals surface area contributed by atoms with Gasteiger partial charge in [0.25, 0.3) is 0 Å². The van der Waals surface area contributed by atoms with Crippen molar-refractivity contribution in [1.29, 1.82) is 0 Å². The van der Waals surface area contributed by atoms with Crippen molar-refractivity contribution in [3.05, 3.63) is 17.7 Å². The minimum Gasteiger partial charge on any atom is -0.504 e. The highest BCUT2D eigenvalue weighted by Crippen LogP contribution is 2.39. The molecule has 0 heterocycles. The number of methoxy groups -OCH3 is 2. The van der Waals surface area contributed by atoms with Crippen molar-refractivity contribution < 1.29 is 24.1 Å². The quantitative estimate of drug-likeness (QED) is 0.759. The van der Waals surface area contributed by atoms with Gasteiger partial charge in [-0.25, -0.2) is 0 Å². The van der Waals surface area contributed by atoms with Crippen molar-refractivity contribution in [2.75, 3.05) is 27.4 Å². The molecule has 0 aliphatic rings. The minimum absolute atomic E-state index is 0.00347. The van der Waals surface area contributed by atoms with Gasteiger partial charge in [-0.1, -0.05) is 0 Å². The van der Waals surface area contributed by atoms with Gasteiger partial charge in [-0.05, 0) is 19.9 Å². The molecule has 1 aromatic carbocycles. The van der Waals surface area contributed by atoms with Crippen LogP contribution in [0, 0.1) is 0 Å². The van der Waals surface area contributed by atoms with E-state index in [9.17, 15) is 5.11 Å². The predicted molar refractivity (Wildman–Crippen MR) is 67.2 cm³/mol. The Balaban J connectivity index is 3.19. The first kappa shape index (κ1) is 14.6. The lowest BCUT2D eigenvalue weighted by atomic mass is 10.1. The van der Waals surface area contributed by atoms with Crippen molar-refractivity contribution in [3.63, 3.8) is 0 Å². The number of rotatable bonds is 7. The molecule has 0 saturated heterocycles. The van der Waals surface area contributed by atoms with Gasteiger partial charge in [-0.15, -0.1) is 0 Å². The van der Waals surface area contributed by atoms with Gasteiger partial charge in [-0.3, -0.25) is 0 Å². The first-order chi connectivity index (χ1) is 8.67. The monoisotopic (exact) mass is 256 g/mol. The fourth-order valence-electron chi connectivity index (χ4n) is 1.65. The van der Waals surface area contributed by atoms with Gasteiger partial charge in [-0.2, -0.15) is 0 Å². The average Bonchev–Trinajstić information content (AvgIpc) is 2.37. The highest BCUT2D eigenvalue weighted by atomic mass is 16.7. The van der Waals surface area contributed by atoms with E-state index in [-0.39, 0.29) is 5.75 Å². The summed E-state index contributed by atoms with van der Waals surface area (Å²) in [6, 6.07) is 3.21. The number of ether oxygens (including phenoxy) is 4. The van der Waals surface area contributed by atoms with Crippen molar-refractivity contribution >= 4 is 0 Å². The van der Waals surface area contributed by atoms with Gasteiger partial charge in [0, 0.05) is 19.3 Å². The second-order valence-electron chi connectivity index (χ2n) is 3.51. The SMILES string of the molecule is CCOC(OCC)c1cc(OC)cc(O)c1OC. The van der Waals surface area contributed by atoms with Gasteiger partial charge >= 0.3 is 0 Å². The van der Waals surface area contributed by atoms with Crippen LogP contribution in [0.4, 0.5) is 0 Å². The molecule has 5 nitrogen and oxygen atoms in total. The number of aromatic hydroxyl groups is 1. The van der Waals surface area contributed by atoms with Gasteiger partial charge in [0.05, 0.1) is 19.8 Å². The van der Waals surface area contributed by atoms with Crippen LogP contribution >= 0.6 is 0 Å². The smallest absolute Gasteiger partial charge is 0.187 e. The lowest BCUT2D eigenvalue weighted by molar-refractivity contribution is -0.141. The summed E-state index contributed by atoms with van der Waals surface area (Å²) in [5, 5.41) is 9.87. The summed E-state index contributed by atoms with van der Waals surface area (Å²) >= 11 is 0. The normalized spacial score (nSPS) is 10.7. The van der Waals surface area contributed by atoms with E-state index < -0.39 is 6.29 Å².